The second-order valence-electron chi connectivity index (χ2n) is 3.88. The van der Waals surface area contributed by atoms with Gasteiger partial charge in [-0.3, -0.25) is 0 Å². The fourth-order valence-corrected chi connectivity index (χ4v) is 1.61. The number of hydrogen-bond acceptors (Lipinski definition) is 7. The molecule has 0 spiro atoms. The second kappa shape index (κ2) is 7.09. The lowest BCUT2D eigenvalue weighted by Gasteiger charge is -2.16. The van der Waals surface area contributed by atoms with Gasteiger partial charge in [0.1, 0.15) is 0 Å². The Balaban J connectivity index is 1.73. The molecule has 1 aromatic carbocycles. The summed E-state index contributed by atoms with van der Waals surface area (Å²) in [6, 6.07) is 7.30. The van der Waals surface area contributed by atoms with E-state index in [9.17, 15) is 4.79 Å². The van der Waals surface area contributed by atoms with Crippen LogP contribution in [0.2, 0.25) is 0 Å². The molecule has 0 saturated heterocycles. The lowest BCUT2D eigenvalue weighted by atomic mass is 10.3. The summed E-state index contributed by atoms with van der Waals surface area (Å²) in [4.78, 5) is 22.2. The molecular weight excluding hydrogens is 266 g/mol. The molecule has 2 rings (SSSR count). The molecule has 110 valence electrons. The smallest absolute Gasteiger partial charge is 0.363 e. The van der Waals surface area contributed by atoms with Gasteiger partial charge in [0.05, 0.1) is 19.8 Å². The van der Waals surface area contributed by atoms with E-state index in [1.54, 1.807) is 19.1 Å². The molecule has 0 aromatic heterocycles. The average molecular weight is 283 g/mol. The van der Waals surface area contributed by atoms with Crippen LogP contribution in [-0.4, -0.2) is 44.4 Å². The highest BCUT2D eigenvalue weighted by Crippen LogP contribution is 2.32. The topological polar surface area (TPSA) is 66.5 Å². The Labute approximate surface area is 116 Å². The molecule has 0 N–H and O–H groups in total. The summed E-state index contributed by atoms with van der Waals surface area (Å²) in [5.41, 5.74) is 0. The molecule has 7 nitrogen and oxygen atoms in total. The third-order valence-corrected chi connectivity index (χ3v) is 2.49. The van der Waals surface area contributed by atoms with Gasteiger partial charge in [0.15, 0.2) is 11.5 Å². The van der Waals surface area contributed by atoms with E-state index < -0.39 is 12.3 Å². The summed E-state index contributed by atoms with van der Waals surface area (Å²) in [7, 11) is 1.38. The third kappa shape index (κ3) is 3.60. The van der Waals surface area contributed by atoms with E-state index in [0.29, 0.717) is 18.0 Å². The van der Waals surface area contributed by atoms with Crippen LogP contribution in [-0.2, 0) is 19.0 Å². The van der Waals surface area contributed by atoms with E-state index in [-0.39, 0.29) is 13.2 Å². The normalized spacial score (nSPS) is 15.1. The summed E-state index contributed by atoms with van der Waals surface area (Å²) >= 11 is 0. The number of hydrogen-bond donors (Lipinski definition) is 0. The van der Waals surface area contributed by atoms with E-state index >= 15 is 0 Å². The van der Waals surface area contributed by atoms with Gasteiger partial charge in [-0.25, -0.2) is 4.79 Å². The number of ether oxygens (including phenoxy) is 3. The van der Waals surface area contributed by atoms with Gasteiger partial charge in [0.2, 0.25) is 0 Å². The number of methoxy groups -OCH3 is 1. The monoisotopic (exact) mass is 283 g/mol. The Morgan fingerprint density at radius 1 is 1.30 bits per heavy atom. The van der Waals surface area contributed by atoms with Crippen LogP contribution in [0.25, 0.3) is 0 Å². The molecule has 0 aliphatic carbocycles. The average Bonchev–Trinajstić information content (AvgIpc) is 2.86. The van der Waals surface area contributed by atoms with Crippen molar-refractivity contribution in [1.29, 1.82) is 0 Å². The van der Waals surface area contributed by atoms with Crippen molar-refractivity contribution in [1.82, 2.24) is 5.23 Å². The molecule has 7 heteroatoms. The van der Waals surface area contributed by atoms with Gasteiger partial charge in [0, 0.05) is 12.3 Å². The lowest BCUT2D eigenvalue weighted by molar-refractivity contribution is -0.241. The van der Waals surface area contributed by atoms with Crippen molar-refractivity contribution in [2.24, 2.45) is 0 Å². The van der Waals surface area contributed by atoms with E-state index in [4.69, 9.17) is 23.9 Å². The number of rotatable bonds is 7. The molecule has 1 aromatic rings. The zero-order chi connectivity index (χ0) is 14.4. The molecule has 1 heterocycles. The Morgan fingerprint density at radius 2 is 1.95 bits per heavy atom. The largest absolute Gasteiger partial charge is 0.462 e. The molecule has 0 amide bonds. The van der Waals surface area contributed by atoms with Crippen molar-refractivity contribution < 1.29 is 28.7 Å². The van der Waals surface area contributed by atoms with Crippen LogP contribution in [0.1, 0.15) is 6.92 Å². The number of para-hydroxylation sites is 2. The molecule has 1 unspecified atom stereocenters. The molecule has 1 atom stereocenters. The summed E-state index contributed by atoms with van der Waals surface area (Å²) < 4.78 is 15.0. The van der Waals surface area contributed by atoms with Crippen LogP contribution < -0.4 is 9.68 Å². The minimum atomic E-state index is -1.04. The molecule has 1 aliphatic rings. The van der Waals surface area contributed by atoms with Gasteiger partial charge < -0.3 is 23.9 Å². The van der Waals surface area contributed by atoms with Gasteiger partial charge in [0.25, 0.3) is 6.29 Å². The fourth-order valence-electron chi connectivity index (χ4n) is 1.61. The highest BCUT2D eigenvalue weighted by molar-refractivity contribution is 5.73. The predicted molar refractivity (Wildman–Crippen MR) is 67.8 cm³/mol. The maximum absolute atomic E-state index is 11.4. The van der Waals surface area contributed by atoms with Crippen LogP contribution >= 0.6 is 0 Å². The first-order valence-electron chi connectivity index (χ1n) is 6.28. The van der Waals surface area contributed by atoms with E-state index in [1.807, 2.05) is 12.1 Å². The number of nitrogens with zero attached hydrogens (tertiary/aromatic N) is 1. The summed E-state index contributed by atoms with van der Waals surface area (Å²) in [6.07, 6.45) is -1.04. The summed E-state index contributed by atoms with van der Waals surface area (Å²) in [6.45, 7) is 2.49. The van der Waals surface area contributed by atoms with Crippen LogP contribution in [0.15, 0.2) is 24.3 Å². The Morgan fingerprint density at radius 3 is 2.50 bits per heavy atom. The van der Waals surface area contributed by atoms with Crippen LogP contribution in [0, 0.1) is 0 Å². The third-order valence-electron chi connectivity index (χ3n) is 2.49. The van der Waals surface area contributed by atoms with Gasteiger partial charge in [-0.2, -0.15) is 0 Å². The number of hydroxylamine groups is 2. The number of carbonyl (C=O) groups is 1. The first-order chi connectivity index (χ1) is 9.74. The Bertz CT molecular complexity index is 427. The number of esters is 1. The van der Waals surface area contributed by atoms with Crippen molar-refractivity contribution in [2.45, 2.75) is 13.2 Å². The minimum Gasteiger partial charge on any atom is -0.462 e. The molecule has 20 heavy (non-hydrogen) atoms. The van der Waals surface area contributed by atoms with Crippen LogP contribution in [0.5, 0.6) is 11.5 Å². The Hall–Kier alpha value is -1.83. The number of carbonyl (C=O) groups excluding carboxylic acids is 1. The molecule has 0 saturated carbocycles. The van der Waals surface area contributed by atoms with Crippen molar-refractivity contribution in [3.05, 3.63) is 24.3 Å². The molecule has 0 bridgehead atoms. The predicted octanol–water partition coefficient (Wildman–Crippen LogP) is 1.14. The summed E-state index contributed by atoms with van der Waals surface area (Å²) in [5.74, 6) is 0.726. The summed E-state index contributed by atoms with van der Waals surface area (Å²) in [5, 5.41) is 1.28. The molecule has 0 fully saturated rings. The van der Waals surface area contributed by atoms with Crippen molar-refractivity contribution >= 4 is 5.97 Å². The van der Waals surface area contributed by atoms with Crippen molar-refractivity contribution in [3.63, 3.8) is 0 Å². The lowest BCUT2D eigenvalue weighted by Crippen LogP contribution is -2.34. The van der Waals surface area contributed by atoms with Crippen molar-refractivity contribution in [2.75, 3.05) is 26.9 Å². The van der Waals surface area contributed by atoms with Gasteiger partial charge >= 0.3 is 5.97 Å². The van der Waals surface area contributed by atoms with Gasteiger partial charge in [-0.05, 0) is 19.1 Å². The van der Waals surface area contributed by atoms with Gasteiger partial charge in [-0.15, -0.1) is 0 Å². The number of benzene rings is 1. The zero-order valence-corrected chi connectivity index (χ0v) is 11.4. The second-order valence-corrected chi connectivity index (χ2v) is 3.88. The maximum Gasteiger partial charge on any atom is 0.363 e. The van der Waals surface area contributed by atoms with Crippen LogP contribution in [0.3, 0.4) is 0 Å². The fraction of sp³-hybridized carbons (Fsp3) is 0.462. The quantitative estimate of drug-likeness (QED) is 0.549. The Kier molecular flexibility index (Phi) is 5.16. The standard InChI is InChI=1S/C13H17NO6/c1-3-17-12(15)13(16-2)18-9-8-14-19-10-6-4-5-7-11(10)20-14/h4-7,13H,3,8-9H2,1-2H3. The first kappa shape index (κ1) is 14.6. The molecular formula is C13H17NO6. The maximum atomic E-state index is 11.4. The van der Waals surface area contributed by atoms with Gasteiger partial charge in [-0.1, -0.05) is 12.1 Å². The first-order valence-corrected chi connectivity index (χ1v) is 6.28. The zero-order valence-electron chi connectivity index (χ0n) is 11.4. The number of fused-ring (bicyclic) bond motifs is 1. The molecule has 1 aliphatic heterocycles. The van der Waals surface area contributed by atoms with Crippen LogP contribution in [0.4, 0.5) is 0 Å². The highest BCUT2D eigenvalue weighted by atomic mass is 17.0. The SMILES string of the molecule is CCOC(=O)C(OC)OCCN1Oc2ccccc2O1. The highest BCUT2D eigenvalue weighted by Gasteiger charge is 2.24. The van der Waals surface area contributed by atoms with E-state index in [1.165, 1.54) is 12.3 Å². The molecule has 0 radical (unpaired) electrons. The van der Waals surface area contributed by atoms with E-state index in [0.717, 1.165) is 0 Å². The minimum absolute atomic E-state index is 0.186. The van der Waals surface area contributed by atoms with E-state index in [2.05, 4.69) is 0 Å². The van der Waals surface area contributed by atoms with Crippen molar-refractivity contribution in [3.8, 4) is 11.5 Å².